The van der Waals surface area contributed by atoms with E-state index in [9.17, 15) is 9.59 Å². The van der Waals surface area contributed by atoms with Crippen LogP contribution < -0.4 is 10.6 Å². The number of nitrogens with one attached hydrogen (secondary N) is 2. The third-order valence-electron chi connectivity index (χ3n) is 5.35. The molecule has 0 aromatic heterocycles. The van der Waals surface area contributed by atoms with Crippen LogP contribution in [0.3, 0.4) is 0 Å². The first-order chi connectivity index (χ1) is 16.2. The van der Waals surface area contributed by atoms with Crippen LogP contribution in [-0.2, 0) is 0 Å². The summed E-state index contributed by atoms with van der Waals surface area (Å²) in [7, 11) is 0. The Morgan fingerprint density at radius 1 is 0.529 bits per heavy atom. The number of amides is 2. The van der Waals surface area contributed by atoms with E-state index in [1.165, 1.54) is 10.8 Å². The van der Waals surface area contributed by atoms with Crippen molar-refractivity contribution in [2.24, 2.45) is 0 Å². The van der Waals surface area contributed by atoms with Crippen LogP contribution in [0.2, 0.25) is 0 Å². The van der Waals surface area contributed by atoms with Gasteiger partial charge in [0.15, 0.2) is 0 Å². The molecule has 4 aromatic rings. The third-order valence-corrected chi connectivity index (χ3v) is 5.35. The van der Waals surface area contributed by atoms with Crippen LogP contribution in [0.4, 0.5) is 21.0 Å². The van der Waals surface area contributed by atoms with Gasteiger partial charge >= 0.3 is 12.2 Å². The van der Waals surface area contributed by atoms with E-state index in [0.717, 1.165) is 22.3 Å². The maximum absolute atomic E-state index is 10.3. The summed E-state index contributed by atoms with van der Waals surface area (Å²) >= 11 is 0. The number of fused-ring (bicyclic) bond motifs is 1. The SMILES string of the molecule is Cc1cccc(NC(=O)O)c1C.Cc1cccc(NC(=O)O)c1C.c1ccc2ccccc2c1. The molecule has 0 radical (unpaired) electrons. The Bertz CT molecular complexity index is 1140. The molecular formula is C28H30N2O4. The Kier molecular flexibility index (Phi) is 9.65. The molecule has 176 valence electrons. The molecule has 0 heterocycles. The lowest BCUT2D eigenvalue weighted by Gasteiger charge is -2.06. The van der Waals surface area contributed by atoms with Gasteiger partial charge in [0.05, 0.1) is 0 Å². The standard InChI is InChI=1S/C10H8.2C9H11NO2/c1-2-6-10-8-4-3-7-9(10)5-1;2*1-6-4-3-5-8(7(6)2)10-9(11)12/h1-8H;2*3-5,10H,1-2H3,(H,11,12). The van der Waals surface area contributed by atoms with Crippen molar-refractivity contribution in [3.05, 3.63) is 107 Å². The molecule has 0 saturated heterocycles. The van der Waals surface area contributed by atoms with Gasteiger partial charge in [-0.25, -0.2) is 9.59 Å². The Labute approximate surface area is 199 Å². The zero-order valence-electron chi connectivity index (χ0n) is 19.8. The van der Waals surface area contributed by atoms with Gasteiger partial charge in [-0.2, -0.15) is 0 Å². The highest BCUT2D eigenvalue weighted by molar-refractivity contribution is 5.85. The summed E-state index contributed by atoms with van der Waals surface area (Å²) in [5.41, 5.74) is 5.42. The molecule has 0 aliphatic heterocycles. The van der Waals surface area contributed by atoms with E-state index in [1.54, 1.807) is 12.1 Å². The molecule has 2 amide bonds. The van der Waals surface area contributed by atoms with Gasteiger partial charge in [0, 0.05) is 11.4 Å². The van der Waals surface area contributed by atoms with Crippen molar-refractivity contribution in [3.8, 4) is 0 Å². The van der Waals surface area contributed by atoms with Crippen LogP contribution in [-0.4, -0.2) is 22.4 Å². The van der Waals surface area contributed by atoms with Gasteiger partial charge in [-0.15, -0.1) is 0 Å². The smallest absolute Gasteiger partial charge is 0.409 e. The summed E-state index contributed by atoms with van der Waals surface area (Å²) in [5, 5.41) is 24.2. The number of benzene rings is 4. The lowest BCUT2D eigenvalue weighted by atomic mass is 10.1. The Morgan fingerprint density at radius 3 is 1.15 bits per heavy atom. The van der Waals surface area contributed by atoms with E-state index in [2.05, 4.69) is 59.2 Å². The van der Waals surface area contributed by atoms with Crippen molar-refractivity contribution in [2.75, 3.05) is 10.6 Å². The number of aryl methyl sites for hydroxylation is 2. The molecule has 6 nitrogen and oxygen atoms in total. The second-order valence-corrected chi connectivity index (χ2v) is 7.70. The molecule has 0 unspecified atom stereocenters. The van der Waals surface area contributed by atoms with Gasteiger partial charge in [0.25, 0.3) is 0 Å². The normalized spacial score (nSPS) is 9.65. The molecule has 0 fully saturated rings. The molecule has 4 aromatic carbocycles. The highest BCUT2D eigenvalue weighted by atomic mass is 16.4. The van der Waals surface area contributed by atoms with Crippen molar-refractivity contribution >= 4 is 34.3 Å². The van der Waals surface area contributed by atoms with Gasteiger partial charge in [0.1, 0.15) is 0 Å². The topological polar surface area (TPSA) is 98.7 Å². The fourth-order valence-electron chi connectivity index (χ4n) is 3.14. The summed E-state index contributed by atoms with van der Waals surface area (Å²) in [5.74, 6) is 0. The molecule has 4 N–H and O–H groups in total. The molecule has 0 aliphatic carbocycles. The van der Waals surface area contributed by atoms with Crippen molar-refractivity contribution in [2.45, 2.75) is 27.7 Å². The molecule has 0 bridgehead atoms. The molecule has 0 spiro atoms. The first kappa shape index (κ1) is 25.9. The lowest BCUT2D eigenvalue weighted by Crippen LogP contribution is -2.08. The first-order valence-electron chi connectivity index (χ1n) is 10.7. The minimum atomic E-state index is -1.02. The predicted molar refractivity (Wildman–Crippen MR) is 139 cm³/mol. The second-order valence-electron chi connectivity index (χ2n) is 7.70. The Balaban J connectivity index is 0.000000181. The zero-order chi connectivity index (χ0) is 25.1. The molecule has 0 atom stereocenters. The van der Waals surface area contributed by atoms with E-state index in [4.69, 9.17) is 10.2 Å². The summed E-state index contributed by atoms with van der Waals surface area (Å²) in [6.07, 6.45) is -2.05. The molecule has 0 saturated carbocycles. The van der Waals surface area contributed by atoms with Crippen LogP contribution in [0.5, 0.6) is 0 Å². The molecule has 4 rings (SSSR count). The van der Waals surface area contributed by atoms with Crippen LogP contribution >= 0.6 is 0 Å². The third kappa shape index (κ3) is 7.98. The summed E-state index contributed by atoms with van der Waals surface area (Å²) < 4.78 is 0. The largest absolute Gasteiger partial charge is 0.465 e. The number of carboxylic acid groups (broad SMARTS) is 2. The highest BCUT2D eigenvalue weighted by Crippen LogP contribution is 2.18. The average molecular weight is 459 g/mol. The first-order valence-corrected chi connectivity index (χ1v) is 10.7. The van der Waals surface area contributed by atoms with E-state index in [0.29, 0.717) is 11.4 Å². The average Bonchev–Trinajstić information content (AvgIpc) is 2.80. The highest BCUT2D eigenvalue weighted by Gasteiger charge is 2.03. The molecule has 0 aliphatic rings. The second kappa shape index (κ2) is 12.6. The number of carbonyl (C=O) groups is 2. The van der Waals surface area contributed by atoms with Crippen LogP contribution in [0.1, 0.15) is 22.3 Å². The Hall–Kier alpha value is -4.32. The van der Waals surface area contributed by atoms with Crippen molar-refractivity contribution < 1.29 is 19.8 Å². The van der Waals surface area contributed by atoms with E-state index in [-0.39, 0.29) is 0 Å². The van der Waals surface area contributed by atoms with E-state index < -0.39 is 12.2 Å². The van der Waals surface area contributed by atoms with Crippen LogP contribution in [0, 0.1) is 27.7 Å². The molecule has 34 heavy (non-hydrogen) atoms. The maximum atomic E-state index is 10.3. The number of hydrogen-bond donors (Lipinski definition) is 4. The van der Waals surface area contributed by atoms with Crippen LogP contribution in [0.25, 0.3) is 10.8 Å². The lowest BCUT2D eigenvalue weighted by molar-refractivity contribution is 0.208. The fraction of sp³-hybridized carbons (Fsp3) is 0.143. The number of rotatable bonds is 2. The van der Waals surface area contributed by atoms with Crippen LogP contribution in [0.15, 0.2) is 84.9 Å². The maximum Gasteiger partial charge on any atom is 0.409 e. The van der Waals surface area contributed by atoms with E-state index in [1.807, 2.05) is 52.0 Å². The van der Waals surface area contributed by atoms with Gasteiger partial charge in [0.2, 0.25) is 0 Å². The number of hydrogen-bond acceptors (Lipinski definition) is 2. The van der Waals surface area contributed by atoms with E-state index >= 15 is 0 Å². The predicted octanol–water partition coefficient (Wildman–Crippen LogP) is 7.63. The summed E-state index contributed by atoms with van der Waals surface area (Å²) in [4.78, 5) is 20.6. The minimum Gasteiger partial charge on any atom is -0.465 e. The molecule has 6 heteroatoms. The zero-order valence-corrected chi connectivity index (χ0v) is 19.8. The monoisotopic (exact) mass is 458 g/mol. The van der Waals surface area contributed by atoms with Crippen molar-refractivity contribution in [3.63, 3.8) is 0 Å². The van der Waals surface area contributed by atoms with Crippen molar-refractivity contribution in [1.29, 1.82) is 0 Å². The van der Waals surface area contributed by atoms with Gasteiger partial charge in [-0.3, -0.25) is 10.6 Å². The molecular weight excluding hydrogens is 428 g/mol. The van der Waals surface area contributed by atoms with Gasteiger partial charge in [-0.1, -0.05) is 72.8 Å². The fourth-order valence-corrected chi connectivity index (χ4v) is 3.14. The summed E-state index contributed by atoms with van der Waals surface area (Å²) in [6, 6.07) is 27.8. The Morgan fingerprint density at radius 2 is 0.853 bits per heavy atom. The van der Waals surface area contributed by atoms with Gasteiger partial charge in [-0.05, 0) is 72.9 Å². The van der Waals surface area contributed by atoms with Crippen molar-refractivity contribution in [1.82, 2.24) is 0 Å². The number of anilines is 2. The van der Waals surface area contributed by atoms with Gasteiger partial charge < -0.3 is 10.2 Å². The summed E-state index contributed by atoms with van der Waals surface area (Å²) in [6.45, 7) is 7.67. The quantitative estimate of drug-likeness (QED) is 0.248. The minimum absolute atomic E-state index is 0.655.